The maximum absolute atomic E-state index is 13.1. The van der Waals surface area contributed by atoms with Gasteiger partial charge in [-0.05, 0) is 52.0 Å². The van der Waals surface area contributed by atoms with Crippen LogP contribution in [-0.4, -0.2) is 39.8 Å². The molecule has 38 heavy (non-hydrogen) atoms. The van der Waals surface area contributed by atoms with Crippen LogP contribution in [0, 0.1) is 19.8 Å². The van der Waals surface area contributed by atoms with Crippen LogP contribution in [0.1, 0.15) is 25.0 Å². The SMILES string of the molecule is CC(=O)C(C(C)=O)C1=C(Cl)C(=NS(=O)(=O)c2ccc(C)cc2)C(Cl)=C(Cl)C1=NS(=O)(=O)c1ccc(C)cc1. The minimum atomic E-state index is -4.44. The lowest BCUT2D eigenvalue weighted by atomic mass is 9.85. The van der Waals surface area contributed by atoms with E-state index in [0.717, 1.165) is 25.0 Å². The van der Waals surface area contributed by atoms with Crippen LogP contribution in [-0.2, 0) is 29.6 Å². The zero-order chi connectivity index (χ0) is 28.6. The Morgan fingerprint density at radius 2 is 0.974 bits per heavy atom. The molecule has 3 rings (SSSR count). The number of carbonyl (C=O) groups is 2. The summed E-state index contributed by atoms with van der Waals surface area (Å²) < 4.78 is 59.8. The Balaban J connectivity index is 2.35. The van der Waals surface area contributed by atoms with Gasteiger partial charge in [0.1, 0.15) is 28.9 Å². The zero-order valence-electron chi connectivity index (χ0n) is 20.5. The highest BCUT2D eigenvalue weighted by atomic mass is 35.5. The molecule has 0 N–H and O–H groups in total. The first-order chi connectivity index (χ1) is 17.6. The Kier molecular flexibility index (Phi) is 8.84. The molecule has 0 radical (unpaired) electrons. The molecule has 0 atom stereocenters. The number of Topliss-reactive ketones (excluding diaryl/α,β-unsaturated/α-hetero) is 2. The van der Waals surface area contributed by atoms with Gasteiger partial charge in [-0.3, -0.25) is 9.59 Å². The highest BCUT2D eigenvalue weighted by Crippen LogP contribution is 2.38. The van der Waals surface area contributed by atoms with Crippen molar-refractivity contribution in [1.29, 1.82) is 0 Å². The van der Waals surface area contributed by atoms with Gasteiger partial charge in [-0.15, -0.1) is 0 Å². The van der Waals surface area contributed by atoms with Gasteiger partial charge in [-0.1, -0.05) is 70.2 Å². The van der Waals surface area contributed by atoms with E-state index >= 15 is 0 Å². The molecular weight excluding hydrogens is 595 g/mol. The van der Waals surface area contributed by atoms with Crippen molar-refractivity contribution < 1.29 is 26.4 Å². The second-order valence-corrected chi connectivity index (χ2v) is 12.8. The Bertz CT molecular complexity index is 1660. The first kappa shape index (κ1) is 29.9. The van der Waals surface area contributed by atoms with Crippen LogP contribution in [0.5, 0.6) is 0 Å². The van der Waals surface area contributed by atoms with Gasteiger partial charge in [0.2, 0.25) is 0 Å². The summed E-state index contributed by atoms with van der Waals surface area (Å²) in [5.74, 6) is -3.05. The minimum Gasteiger partial charge on any atom is -0.299 e. The number of allylic oxidation sites excluding steroid dienone is 4. The molecule has 2 aromatic rings. The fraction of sp³-hybridized carbons (Fsp3) is 0.200. The molecule has 1 aliphatic carbocycles. The van der Waals surface area contributed by atoms with Crippen LogP contribution >= 0.6 is 34.8 Å². The molecule has 0 spiro atoms. The molecule has 1 aliphatic rings. The average Bonchev–Trinajstić information content (AvgIpc) is 2.82. The van der Waals surface area contributed by atoms with Gasteiger partial charge in [-0.25, -0.2) is 0 Å². The predicted molar refractivity (Wildman–Crippen MR) is 148 cm³/mol. The third kappa shape index (κ3) is 6.16. The van der Waals surface area contributed by atoms with E-state index in [1.54, 1.807) is 38.1 Å². The van der Waals surface area contributed by atoms with Gasteiger partial charge in [0.15, 0.2) is 0 Å². The van der Waals surface area contributed by atoms with Crippen molar-refractivity contribution in [2.24, 2.45) is 14.7 Å². The summed E-state index contributed by atoms with van der Waals surface area (Å²) in [6.07, 6.45) is 0. The van der Waals surface area contributed by atoms with Crippen molar-refractivity contribution in [3.05, 3.63) is 80.3 Å². The molecule has 0 heterocycles. The quantitative estimate of drug-likeness (QED) is 0.309. The Morgan fingerprint density at radius 1 is 0.632 bits per heavy atom. The number of carbonyl (C=O) groups excluding carboxylic acids is 2. The Hall–Kier alpha value is -2.63. The smallest absolute Gasteiger partial charge is 0.282 e. The summed E-state index contributed by atoms with van der Waals surface area (Å²) >= 11 is 19.3. The summed E-state index contributed by atoms with van der Waals surface area (Å²) in [6, 6.07) is 11.5. The van der Waals surface area contributed by atoms with Crippen LogP contribution in [0.15, 0.2) is 87.8 Å². The summed E-state index contributed by atoms with van der Waals surface area (Å²) in [6.45, 7) is 5.70. The largest absolute Gasteiger partial charge is 0.299 e. The van der Waals surface area contributed by atoms with Crippen molar-refractivity contribution in [2.75, 3.05) is 0 Å². The van der Waals surface area contributed by atoms with Gasteiger partial charge >= 0.3 is 0 Å². The number of aryl methyl sites for hydroxylation is 2. The molecule has 0 fully saturated rings. The molecule has 0 saturated carbocycles. The van der Waals surface area contributed by atoms with E-state index in [9.17, 15) is 26.4 Å². The van der Waals surface area contributed by atoms with Crippen LogP contribution in [0.2, 0.25) is 0 Å². The van der Waals surface area contributed by atoms with Crippen molar-refractivity contribution in [2.45, 2.75) is 37.5 Å². The first-order valence-electron chi connectivity index (χ1n) is 10.9. The molecule has 13 heteroatoms. The number of nitrogens with zero attached hydrogens (tertiary/aromatic N) is 2. The molecule has 200 valence electrons. The molecule has 0 bridgehead atoms. The van der Waals surface area contributed by atoms with Gasteiger partial charge in [0, 0.05) is 5.57 Å². The number of hydrogen-bond acceptors (Lipinski definition) is 6. The molecule has 8 nitrogen and oxygen atoms in total. The van der Waals surface area contributed by atoms with Gasteiger partial charge < -0.3 is 0 Å². The Morgan fingerprint density at radius 3 is 1.34 bits per heavy atom. The monoisotopic (exact) mass is 614 g/mol. The standard InChI is InChI=1S/C25H21Cl3N2O6S2/c1-13-5-9-17(10-6-13)37(33,34)29-24-20(19(15(3)31)16(4)32)21(26)25(23(28)22(24)27)30-38(35,36)18-11-7-14(2)8-12-18/h5-12,19H,1-4H3. The molecule has 0 aliphatic heterocycles. The summed E-state index contributed by atoms with van der Waals surface area (Å²) in [5.41, 5.74) is 0.0478. The second kappa shape index (κ2) is 11.2. The predicted octanol–water partition coefficient (Wildman–Crippen LogP) is 5.25. The number of halogens is 3. The third-order valence-electron chi connectivity index (χ3n) is 5.47. The highest BCUT2D eigenvalue weighted by Gasteiger charge is 2.39. The number of benzene rings is 2. The van der Waals surface area contributed by atoms with Crippen LogP contribution in [0.25, 0.3) is 0 Å². The molecule has 0 aromatic heterocycles. The fourth-order valence-electron chi connectivity index (χ4n) is 3.55. The average molecular weight is 616 g/mol. The Labute approximate surface area is 235 Å². The summed E-state index contributed by atoms with van der Waals surface area (Å²) in [7, 11) is -8.83. The lowest BCUT2D eigenvalue weighted by Gasteiger charge is -2.24. The lowest BCUT2D eigenvalue weighted by molar-refractivity contribution is -0.128. The van der Waals surface area contributed by atoms with Crippen molar-refractivity contribution in [3.8, 4) is 0 Å². The maximum atomic E-state index is 13.1. The van der Waals surface area contributed by atoms with Crippen LogP contribution in [0.3, 0.4) is 0 Å². The van der Waals surface area contributed by atoms with Crippen molar-refractivity contribution >= 4 is 77.8 Å². The van der Waals surface area contributed by atoms with E-state index in [4.69, 9.17) is 34.8 Å². The lowest BCUT2D eigenvalue weighted by Crippen LogP contribution is -2.32. The fourth-order valence-corrected chi connectivity index (χ4v) is 6.56. The second-order valence-electron chi connectivity index (χ2n) is 8.47. The van der Waals surface area contributed by atoms with E-state index in [0.29, 0.717) is 0 Å². The van der Waals surface area contributed by atoms with Crippen LogP contribution in [0.4, 0.5) is 0 Å². The topological polar surface area (TPSA) is 127 Å². The van der Waals surface area contributed by atoms with E-state index in [1.807, 2.05) is 0 Å². The molecule has 0 unspecified atom stereocenters. The molecule has 2 aromatic carbocycles. The van der Waals surface area contributed by atoms with Crippen molar-refractivity contribution in [1.82, 2.24) is 0 Å². The van der Waals surface area contributed by atoms with E-state index < -0.39 is 69.6 Å². The van der Waals surface area contributed by atoms with Gasteiger partial charge in [0.25, 0.3) is 20.0 Å². The number of hydrogen-bond donors (Lipinski definition) is 0. The minimum absolute atomic E-state index is 0.182. The van der Waals surface area contributed by atoms with E-state index in [2.05, 4.69) is 8.80 Å². The summed E-state index contributed by atoms with van der Waals surface area (Å²) in [4.78, 5) is 24.6. The van der Waals surface area contributed by atoms with Gasteiger partial charge in [-0.2, -0.15) is 25.6 Å². The van der Waals surface area contributed by atoms with E-state index in [1.165, 1.54) is 24.3 Å². The van der Waals surface area contributed by atoms with Crippen LogP contribution < -0.4 is 0 Å². The maximum Gasteiger partial charge on any atom is 0.282 e. The number of rotatable bonds is 7. The third-order valence-corrected chi connectivity index (χ3v) is 9.27. The van der Waals surface area contributed by atoms with E-state index in [-0.39, 0.29) is 9.79 Å². The molecular formula is C25H21Cl3N2O6S2. The first-order valence-corrected chi connectivity index (χ1v) is 14.9. The van der Waals surface area contributed by atoms with Crippen molar-refractivity contribution in [3.63, 3.8) is 0 Å². The normalized spacial score (nSPS) is 17.1. The summed E-state index contributed by atoms with van der Waals surface area (Å²) in [5, 5.41) is -1.63. The highest BCUT2D eigenvalue weighted by molar-refractivity contribution is 7.90. The zero-order valence-corrected chi connectivity index (χ0v) is 24.4. The number of ketones is 2. The van der Waals surface area contributed by atoms with Gasteiger partial charge in [0.05, 0.1) is 24.9 Å². The molecule has 0 amide bonds. The number of sulfonamides is 2. The molecule has 0 saturated heterocycles.